The Morgan fingerprint density at radius 1 is 1.15 bits per heavy atom. The lowest BCUT2D eigenvalue weighted by molar-refractivity contribution is -0.137. The zero-order valence-electron chi connectivity index (χ0n) is 17.3. The predicted octanol–water partition coefficient (Wildman–Crippen LogP) is 3.01. The summed E-state index contributed by atoms with van der Waals surface area (Å²) in [5, 5.41) is 22.4. The Hall–Kier alpha value is -2.89. The summed E-state index contributed by atoms with van der Waals surface area (Å²) in [6.45, 7) is 1.22. The number of amides is 2. The number of nitrogens with zero attached hydrogens (tertiary/aromatic N) is 4. The first-order valence-corrected chi connectivity index (χ1v) is 10.5. The number of carbonyl (C=O) groups is 1. The third-order valence-corrected chi connectivity index (χ3v) is 5.87. The lowest BCUT2D eigenvalue weighted by atomic mass is 10.0. The van der Waals surface area contributed by atoms with Crippen molar-refractivity contribution in [1.82, 2.24) is 14.9 Å². The van der Waals surface area contributed by atoms with Crippen molar-refractivity contribution in [1.29, 1.82) is 0 Å². The van der Waals surface area contributed by atoms with E-state index in [9.17, 15) is 28.2 Å². The van der Waals surface area contributed by atoms with Crippen molar-refractivity contribution in [2.75, 3.05) is 36.4 Å². The molecule has 0 radical (unpaired) electrons. The van der Waals surface area contributed by atoms with Gasteiger partial charge in [-0.3, -0.25) is 10.3 Å². The van der Waals surface area contributed by atoms with Crippen LogP contribution < -0.4 is 10.2 Å². The number of nitrogens with one attached hydrogen (secondary N) is 1. The van der Waals surface area contributed by atoms with Gasteiger partial charge < -0.3 is 20.0 Å². The van der Waals surface area contributed by atoms with Gasteiger partial charge in [0.1, 0.15) is 5.82 Å². The number of β-amino-alcohol motifs (C(OH)–C–C–N with tert-alkyl or cyclic N) is 2. The van der Waals surface area contributed by atoms with Crippen molar-refractivity contribution in [3.05, 3.63) is 52.9 Å². The molecule has 8 nitrogen and oxygen atoms in total. The molecule has 4 rings (SSSR count). The zero-order chi connectivity index (χ0) is 23.8. The molecule has 2 aliphatic heterocycles. The number of anilines is 2. The molecular formula is C21H21ClF3N5O3. The van der Waals surface area contributed by atoms with Crippen LogP contribution in [-0.2, 0) is 6.18 Å². The summed E-state index contributed by atoms with van der Waals surface area (Å²) in [7, 11) is 0. The Morgan fingerprint density at radius 2 is 1.88 bits per heavy atom. The molecular weight excluding hydrogens is 463 g/mol. The van der Waals surface area contributed by atoms with E-state index in [2.05, 4.69) is 15.3 Å². The van der Waals surface area contributed by atoms with E-state index in [1.54, 1.807) is 17.2 Å². The lowest BCUT2D eigenvalue weighted by Gasteiger charge is -2.27. The van der Waals surface area contributed by atoms with Gasteiger partial charge in [-0.15, -0.1) is 0 Å². The minimum atomic E-state index is -4.49. The highest BCUT2D eigenvalue weighted by atomic mass is 35.5. The van der Waals surface area contributed by atoms with Crippen LogP contribution in [0.25, 0.3) is 5.57 Å². The predicted molar refractivity (Wildman–Crippen MR) is 116 cm³/mol. The standard InChI is InChI=1S/C21H21ClF3N5O3/c22-15-7-14(30-10-16(31)17(32)11-30)9-27-19(15)12-3-5-29(6-4-12)20(33)28-18-2-1-13(8-26-18)21(23,24)25/h1-3,7-9,16-17,31-32H,4-6,10-11H2,(H,26,28,33)/t16-,17+. The lowest BCUT2D eigenvalue weighted by Crippen LogP contribution is -2.38. The highest BCUT2D eigenvalue weighted by Crippen LogP contribution is 2.31. The second-order valence-electron chi connectivity index (χ2n) is 7.85. The van der Waals surface area contributed by atoms with Crippen molar-refractivity contribution < 1.29 is 28.2 Å². The molecule has 0 bridgehead atoms. The molecule has 2 aromatic rings. The molecule has 2 amide bonds. The fraction of sp³-hybridized carbons (Fsp3) is 0.381. The Labute approximate surface area is 192 Å². The van der Waals surface area contributed by atoms with Crippen LogP contribution in [-0.4, -0.2) is 69.5 Å². The van der Waals surface area contributed by atoms with E-state index in [4.69, 9.17) is 11.6 Å². The molecule has 0 spiro atoms. The molecule has 0 aliphatic carbocycles. The normalized spacial score (nSPS) is 21.2. The van der Waals surface area contributed by atoms with Gasteiger partial charge >= 0.3 is 12.2 Å². The number of alkyl halides is 3. The fourth-order valence-corrected chi connectivity index (χ4v) is 3.99. The van der Waals surface area contributed by atoms with Crippen molar-refractivity contribution in [2.24, 2.45) is 0 Å². The third kappa shape index (κ3) is 5.21. The summed E-state index contributed by atoms with van der Waals surface area (Å²) in [4.78, 5) is 23.8. The molecule has 2 atom stereocenters. The minimum absolute atomic E-state index is 0.0280. The van der Waals surface area contributed by atoms with E-state index in [1.807, 2.05) is 6.08 Å². The number of carbonyl (C=O) groups excluding carboxylic acids is 1. The van der Waals surface area contributed by atoms with Crippen LogP contribution in [0.2, 0.25) is 5.02 Å². The number of aromatic nitrogens is 2. The highest BCUT2D eigenvalue weighted by Gasteiger charge is 2.31. The van der Waals surface area contributed by atoms with Crippen LogP contribution in [0.15, 0.2) is 36.7 Å². The molecule has 2 aliphatic rings. The number of aliphatic hydroxyl groups excluding tert-OH is 2. The van der Waals surface area contributed by atoms with Gasteiger partial charge in [-0.05, 0) is 30.2 Å². The van der Waals surface area contributed by atoms with Gasteiger partial charge in [-0.2, -0.15) is 13.2 Å². The third-order valence-electron chi connectivity index (χ3n) is 5.58. The molecule has 4 heterocycles. The molecule has 176 valence electrons. The first-order chi connectivity index (χ1) is 15.6. The maximum atomic E-state index is 12.6. The summed E-state index contributed by atoms with van der Waals surface area (Å²) in [5.41, 5.74) is 1.26. The summed E-state index contributed by atoms with van der Waals surface area (Å²) in [6.07, 6.45) is -1.53. The van der Waals surface area contributed by atoms with Crippen LogP contribution in [0.4, 0.5) is 29.5 Å². The number of hydrogen-bond acceptors (Lipinski definition) is 6. The Bertz CT molecular complexity index is 1050. The Balaban J connectivity index is 1.38. The minimum Gasteiger partial charge on any atom is -0.389 e. The van der Waals surface area contributed by atoms with Gasteiger partial charge in [0.05, 0.1) is 40.4 Å². The van der Waals surface area contributed by atoms with Crippen molar-refractivity contribution in [2.45, 2.75) is 24.8 Å². The largest absolute Gasteiger partial charge is 0.417 e. The van der Waals surface area contributed by atoms with Crippen molar-refractivity contribution >= 4 is 34.7 Å². The summed E-state index contributed by atoms with van der Waals surface area (Å²) in [5.74, 6) is 0.0280. The number of aliphatic hydroxyl groups is 2. The topological polar surface area (TPSA) is 102 Å². The smallest absolute Gasteiger partial charge is 0.389 e. The summed E-state index contributed by atoms with van der Waals surface area (Å²) >= 11 is 6.43. The van der Waals surface area contributed by atoms with E-state index < -0.39 is 30.0 Å². The molecule has 33 heavy (non-hydrogen) atoms. The molecule has 0 saturated carbocycles. The average molecular weight is 484 g/mol. The fourth-order valence-electron chi connectivity index (χ4n) is 3.71. The van der Waals surface area contributed by atoms with E-state index in [0.717, 1.165) is 17.7 Å². The van der Waals surface area contributed by atoms with E-state index >= 15 is 0 Å². The molecule has 1 saturated heterocycles. The highest BCUT2D eigenvalue weighted by molar-refractivity contribution is 6.32. The number of urea groups is 1. The molecule has 12 heteroatoms. The second-order valence-corrected chi connectivity index (χ2v) is 8.26. The van der Waals surface area contributed by atoms with Crippen molar-refractivity contribution in [3.63, 3.8) is 0 Å². The van der Waals surface area contributed by atoms with Crippen LogP contribution >= 0.6 is 11.6 Å². The van der Waals surface area contributed by atoms with E-state index in [-0.39, 0.29) is 12.4 Å². The second kappa shape index (κ2) is 9.16. The number of pyridine rings is 2. The van der Waals surface area contributed by atoms with Gasteiger partial charge in [0.2, 0.25) is 0 Å². The van der Waals surface area contributed by atoms with Crippen LogP contribution in [0.1, 0.15) is 17.7 Å². The van der Waals surface area contributed by atoms with Gasteiger partial charge in [-0.1, -0.05) is 17.7 Å². The molecule has 3 N–H and O–H groups in total. The van der Waals surface area contributed by atoms with Gasteiger partial charge in [0.25, 0.3) is 0 Å². The van der Waals surface area contributed by atoms with Gasteiger partial charge in [-0.25, -0.2) is 9.78 Å². The van der Waals surface area contributed by atoms with Crippen molar-refractivity contribution in [3.8, 4) is 0 Å². The average Bonchev–Trinajstić information content (AvgIpc) is 3.12. The van der Waals surface area contributed by atoms with Crippen LogP contribution in [0.5, 0.6) is 0 Å². The number of halogens is 4. The molecule has 0 unspecified atom stereocenters. The Kier molecular flexibility index (Phi) is 6.46. The summed E-state index contributed by atoms with van der Waals surface area (Å²) < 4.78 is 37.9. The monoisotopic (exact) mass is 483 g/mol. The van der Waals surface area contributed by atoms with Gasteiger partial charge in [0.15, 0.2) is 0 Å². The quantitative estimate of drug-likeness (QED) is 0.620. The van der Waals surface area contributed by atoms with E-state index in [1.165, 1.54) is 4.90 Å². The SMILES string of the molecule is O=C(Nc1ccc(C(F)(F)F)cn1)N1CC=C(c2ncc(N3C[C@@H](O)[C@@H](O)C3)cc2Cl)CC1. The maximum absolute atomic E-state index is 12.6. The van der Waals surface area contributed by atoms with E-state index in [0.29, 0.717) is 48.7 Å². The molecule has 2 aromatic heterocycles. The summed E-state index contributed by atoms with van der Waals surface area (Å²) in [6, 6.07) is 3.22. The first-order valence-electron chi connectivity index (χ1n) is 10.2. The first kappa shape index (κ1) is 23.3. The Morgan fingerprint density at radius 3 is 2.42 bits per heavy atom. The zero-order valence-corrected chi connectivity index (χ0v) is 18.0. The maximum Gasteiger partial charge on any atom is 0.417 e. The van der Waals surface area contributed by atoms with Crippen LogP contribution in [0.3, 0.4) is 0 Å². The number of rotatable bonds is 3. The molecule has 1 fully saturated rings. The molecule has 0 aromatic carbocycles. The number of hydrogen-bond donors (Lipinski definition) is 3. The van der Waals surface area contributed by atoms with Crippen LogP contribution in [0, 0.1) is 0 Å². The van der Waals surface area contributed by atoms with Gasteiger partial charge in [0, 0.05) is 32.4 Å².